The Balaban J connectivity index is 2.28. The maximum absolute atomic E-state index is 12.1. The van der Waals surface area contributed by atoms with Gasteiger partial charge in [-0.15, -0.1) is 0 Å². The molecule has 1 aromatic rings. The summed E-state index contributed by atoms with van der Waals surface area (Å²) in [5, 5.41) is 4.04. The summed E-state index contributed by atoms with van der Waals surface area (Å²) in [6, 6.07) is 0. The molecule has 116 valence electrons. The van der Waals surface area contributed by atoms with Crippen molar-refractivity contribution in [1.82, 2.24) is 9.78 Å². The summed E-state index contributed by atoms with van der Waals surface area (Å²) in [5.74, 6) is -0.554. The van der Waals surface area contributed by atoms with Crippen LogP contribution < -0.4 is 10.5 Å². The molecule has 0 aromatic carbocycles. The van der Waals surface area contributed by atoms with Crippen molar-refractivity contribution in [2.75, 3.05) is 25.1 Å². The van der Waals surface area contributed by atoms with Crippen LogP contribution in [0.4, 0.5) is 5.69 Å². The van der Waals surface area contributed by atoms with Crippen LogP contribution in [0.25, 0.3) is 0 Å². The van der Waals surface area contributed by atoms with Gasteiger partial charge >= 0.3 is 5.97 Å². The van der Waals surface area contributed by atoms with E-state index in [4.69, 9.17) is 16.3 Å². The quantitative estimate of drug-likeness (QED) is 0.764. The molecule has 0 amide bonds. The lowest BCUT2D eigenvalue weighted by Gasteiger charge is -2.36. The summed E-state index contributed by atoms with van der Waals surface area (Å²) in [4.78, 5) is 25.3. The largest absolute Gasteiger partial charge is 0.468 e. The number of morpholine rings is 1. The van der Waals surface area contributed by atoms with E-state index in [0.717, 1.165) is 4.68 Å². The van der Waals surface area contributed by atoms with Gasteiger partial charge in [0.15, 0.2) is 0 Å². The Morgan fingerprint density at radius 1 is 1.48 bits per heavy atom. The lowest BCUT2D eigenvalue weighted by atomic mass is 10.2. The molecule has 2 rings (SSSR count). The van der Waals surface area contributed by atoms with Gasteiger partial charge in [-0.2, -0.15) is 5.10 Å². The fourth-order valence-electron chi connectivity index (χ4n) is 2.35. The molecule has 0 saturated carbocycles. The van der Waals surface area contributed by atoms with Gasteiger partial charge in [0, 0.05) is 13.1 Å². The molecule has 2 heterocycles. The third-order valence-corrected chi connectivity index (χ3v) is 3.59. The molecule has 7 nitrogen and oxygen atoms in total. The van der Waals surface area contributed by atoms with Gasteiger partial charge in [0.25, 0.3) is 5.56 Å². The monoisotopic (exact) mass is 315 g/mol. The van der Waals surface area contributed by atoms with E-state index >= 15 is 0 Å². The Morgan fingerprint density at radius 2 is 2.10 bits per heavy atom. The molecule has 0 unspecified atom stereocenters. The number of halogens is 1. The molecule has 8 heteroatoms. The molecule has 1 saturated heterocycles. The van der Waals surface area contributed by atoms with E-state index in [9.17, 15) is 9.59 Å². The van der Waals surface area contributed by atoms with E-state index in [1.807, 2.05) is 18.7 Å². The van der Waals surface area contributed by atoms with Gasteiger partial charge in [0.05, 0.1) is 31.2 Å². The van der Waals surface area contributed by atoms with E-state index in [-0.39, 0.29) is 23.8 Å². The van der Waals surface area contributed by atoms with Crippen LogP contribution in [0.2, 0.25) is 5.02 Å². The zero-order valence-electron chi connectivity index (χ0n) is 12.2. The minimum absolute atomic E-state index is 0.0438. The van der Waals surface area contributed by atoms with Gasteiger partial charge in [-0.05, 0) is 13.8 Å². The second-order valence-electron chi connectivity index (χ2n) is 5.05. The Bertz CT molecular complexity index is 579. The van der Waals surface area contributed by atoms with Crippen LogP contribution in [0.3, 0.4) is 0 Å². The van der Waals surface area contributed by atoms with Crippen molar-refractivity contribution < 1.29 is 14.3 Å². The van der Waals surface area contributed by atoms with E-state index < -0.39 is 11.5 Å². The highest BCUT2D eigenvalue weighted by atomic mass is 35.5. The highest BCUT2D eigenvalue weighted by Gasteiger charge is 2.25. The number of carbonyl (C=O) groups excluding carboxylic acids is 1. The molecule has 1 aliphatic rings. The topological polar surface area (TPSA) is 73.7 Å². The number of ether oxygens (including phenoxy) is 2. The van der Waals surface area contributed by atoms with Crippen LogP contribution in [-0.2, 0) is 20.8 Å². The summed E-state index contributed by atoms with van der Waals surface area (Å²) in [7, 11) is 1.25. The number of hydrogen-bond donors (Lipinski definition) is 0. The third-order valence-electron chi connectivity index (χ3n) is 3.23. The lowest BCUT2D eigenvalue weighted by Crippen LogP contribution is -2.46. The van der Waals surface area contributed by atoms with Crippen LogP contribution >= 0.6 is 11.6 Å². The maximum Gasteiger partial charge on any atom is 0.327 e. The summed E-state index contributed by atoms with van der Waals surface area (Å²) in [5.41, 5.74) is 0.0520. The first-order chi connectivity index (χ1) is 9.92. The zero-order valence-corrected chi connectivity index (χ0v) is 13.0. The highest BCUT2D eigenvalue weighted by molar-refractivity contribution is 6.33. The van der Waals surface area contributed by atoms with Crippen molar-refractivity contribution in [3.05, 3.63) is 21.6 Å². The normalized spacial score (nSPS) is 22.2. The molecular weight excluding hydrogens is 298 g/mol. The second kappa shape index (κ2) is 6.44. The Kier molecular flexibility index (Phi) is 4.84. The number of methoxy groups -OCH3 is 1. The van der Waals surface area contributed by atoms with Gasteiger partial charge in [0.1, 0.15) is 11.6 Å². The molecule has 0 spiro atoms. The number of esters is 1. The van der Waals surface area contributed by atoms with Crippen LogP contribution in [0.1, 0.15) is 13.8 Å². The van der Waals surface area contributed by atoms with Crippen molar-refractivity contribution in [3.63, 3.8) is 0 Å². The van der Waals surface area contributed by atoms with Crippen LogP contribution in [0.5, 0.6) is 0 Å². The Morgan fingerprint density at radius 3 is 2.67 bits per heavy atom. The van der Waals surface area contributed by atoms with Crippen LogP contribution in [-0.4, -0.2) is 48.2 Å². The molecule has 0 bridgehead atoms. The standard InChI is InChI=1S/C13H18ClN3O4/c1-8-5-16(6-9(2)21-8)10-4-15-17(7-11(18)20-3)13(19)12(10)14/h4,8-9H,5-7H2,1-3H3/t8-,9-/m1/s1. The molecule has 1 fully saturated rings. The number of aromatic nitrogens is 2. The van der Waals surface area contributed by atoms with Crippen molar-refractivity contribution in [1.29, 1.82) is 0 Å². The first-order valence-electron chi connectivity index (χ1n) is 6.65. The summed E-state index contributed by atoms with van der Waals surface area (Å²) in [6.07, 6.45) is 1.59. The number of rotatable bonds is 3. The molecule has 0 radical (unpaired) electrons. The van der Waals surface area contributed by atoms with Gasteiger partial charge in [-0.3, -0.25) is 9.59 Å². The Labute approximate surface area is 127 Å². The lowest BCUT2D eigenvalue weighted by molar-refractivity contribution is -0.141. The van der Waals surface area contributed by atoms with Crippen molar-refractivity contribution in [3.8, 4) is 0 Å². The van der Waals surface area contributed by atoms with Gasteiger partial charge in [-0.1, -0.05) is 11.6 Å². The smallest absolute Gasteiger partial charge is 0.327 e. The SMILES string of the molecule is COC(=O)Cn1ncc(N2C[C@@H](C)O[C@H](C)C2)c(Cl)c1=O. The van der Waals surface area contributed by atoms with Gasteiger partial charge < -0.3 is 14.4 Å². The van der Waals surface area contributed by atoms with Crippen molar-refractivity contribution in [2.24, 2.45) is 0 Å². The summed E-state index contributed by atoms with van der Waals surface area (Å²) < 4.78 is 11.2. The van der Waals surface area contributed by atoms with Gasteiger partial charge in [-0.25, -0.2) is 4.68 Å². The average molecular weight is 316 g/mol. The van der Waals surface area contributed by atoms with Crippen molar-refractivity contribution in [2.45, 2.75) is 32.6 Å². The van der Waals surface area contributed by atoms with E-state index in [2.05, 4.69) is 9.84 Å². The summed E-state index contributed by atoms with van der Waals surface area (Å²) in [6.45, 7) is 4.93. The third kappa shape index (κ3) is 3.54. The van der Waals surface area contributed by atoms with Gasteiger partial charge in [0.2, 0.25) is 0 Å². The van der Waals surface area contributed by atoms with Crippen molar-refractivity contribution >= 4 is 23.3 Å². The minimum atomic E-state index is -0.554. The Hall–Kier alpha value is -1.60. The van der Waals surface area contributed by atoms with E-state index in [1.54, 1.807) is 0 Å². The molecule has 0 N–H and O–H groups in total. The van der Waals surface area contributed by atoms with Crippen LogP contribution in [0.15, 0.2) is 11.0 Å². The first-order valence-corrected chi connectivity index (χ1v) is 7.03. The fraction of sp³-hybridized carbons (Fsp3) is 0.615. The predicted molar refractivity (Wildman–Crippen MR) is 77.7 cm³/mol. The molecule has 21 heavy (non-hydrogen) atoms. The number of anilines is 1. The average Bonchev–Trinajstić information content (AvgIpc) is 2.42. The van der Waals surface area contributed by atoms with Crippen LogP contribution in [0, 0.1) is 0 Å². The minimum Gasteiger partial charge on any atom is -0.468 e. The molecule has 0 aliphatic carbocycles. The molecule has 1 aromatic heterocycles. The molecule has 1 aliphatic heterocycles. The predicted octanol–water partition coefficient (Wildman–Crippen LogP) is 0.683. The number of carbonyl (C=O) groups is 1. The molecular formula is C13H18ClN3O4. The number of hydrogen-bond acceptors (Lipinski definition) is 6. The zero-order chi connectivity index (χ0) is 15.6. The maximum atomic E-state index is 12.1. The summed E-state index contributed by atoms with van der Waals surface area (Å²) >= 11 is 6.15. The van der Waals surface area contributed by atoms with E-state index in [0.29, 0.717) is 18.8 Å². The van der Waals surface area contributed by atoms with E-state index in [1.165, 1.54) is 13.3 Å². The number of nitrogens with zero attached hydrogens (tertiary/aromatic N) is 3. The highest BCUT2D eigenvalue weighted by Crippen LogP contribution is 2.24. The molecule has 2 atom stereocenters. The fourth-order valence-corrected chi connectivity index (χ4v) is 2.62. The first kappa shape index (κ1) is 15.8. The second-order valence-corrected chi connectivity index (χ2v) is 5.42.